The number of hydrogen-bond donors (Lipinski definition) is 1. The van der Waals surface area contributed by atoms with Gasteiger partial charge in [-0.1, -0.05) is 53.4 Å². The molecule has 1 saturated carbocycles. The van der Waals surface area contributed by atoms with Crippen molar-refractivity contribution in [2.24, 2.45) is 0 Å². The summed E-state index contributed by atoms with van der Waals surface area (Å²) in [6.45, 7) is 8.96. The number of aryl methyl sites for hydroxylation is 1. The first-order valence-corrected chi connectivity index (χ1v) is 8.32. The number of imidazole rings is 1. The summed E-state index contributed by atoms with van der Waals surface area (Å²) >= 11 is 0. The molecule has 0 aliphatic heterocycles. The summed E-state index contributed by atoms with van der Waals surface area (Å²) in [5, 5.41) is 0. The van der Waals surface area contributed by atoms with Crippen molar-refractivity contribution >= 4 is 5.82 Å². The molecule has 1 aromatic heterocycles. The van der Waals surface area contributed by atoms with E-state index in [0.717, 1.165) is 17.9 Å². The van der Waals surface area contributed by atoms with Crippen LogP contribution in [-0.4, -0.2) is 9.55 Å². The van der Waals surface area contributed by atoms with Gasteiger partial charge in [-0.2, -0.15) is 0 Å². The van der Waals surface area contributed by atoms with Crippen molar-refractivity contribution in [2.45, 2.75) is 90.5 Å². The van der Waals surface area contributed by atoms with E-state index in [1.807, 2.05) is 0 Å². The molecule has 20 heavy (non-hydrogen) atoms. The maximum atomic E-state index is 6.38. The van der Waals surface area contributed by atoms with Gasteiger partial charge in [0.05, 0.1) is 5.69 Å². The average Bonchev–Trinajstić information content (AvgIpc) is 3.14. The molecule has 0 spiro atoms. The number of anilines is 1. The maximum absolute atomic E-state index is 6.38. The summed E-state index contributed by atoms with van der Waals surface area (Å²) in [6.07, 6.45) is 10.1. The second kappa shape index (κ2) is 6.19. The molecule has 1 aromatic rings. The molecule has 1 aliphatic carbocycles. The van der Waals surface area contributed by atoms with Gasteiger partial charge in [0.25, 0.3) is 0 Å². The highest BCUT2D eigenvalue weighted by Gasteiger charge is 2.33. The van der Waals surface area contributed by atoms with Crippen molar-refractivity contribution in [1.29, 1.82) is 0 Å². The van der Waals surface area contributed by atoms with Gasteiger partial charge in [-0.25, -0.2) is 4.98 Å². The Bertz CT molecular complexity index is 436. The van der Waals surface area contributed by atoms with Crippen LogP contribution in [0.15, 0.2) is 0 Å². The van der Waals surface area contributed by atoms with E-state index in [-0.39, 0.29) is 5.41 Å². The van der Waals surface area contributed by atoms with E-state index >= 15 is 0 Å². The van der Waals surface area contributed by atoms with Crippen LogP contribution in [0.25, 0.3) is 0 Å². The number of nitrogens with two attached hydrogens (primary N) is 1. The number of aromatic nitrogens is 2. The third-order valence-corrected chi connectivity index (χ3v) is 4.12. The van der Waals surface area contributed by atoms with Crippen molar-refractivity contribution < 1.29 is 0 Å². The molecule has 1 heterocycles. The largest absolute Gasteiger partial charge is 0.384 e. The second-order valence-corrected chi connectivity index (χ2v) is 7.28. The molecule has 0 aromatic carbocycles. The Morgan fingerprint density at radius 2 is 1.80 bits per heavy atom. The minimum atomic E-state index is 0.0805. The molecule has 0 atom stereocenters. The monoisotopic (exact) mass is 277 g/mol. The second-order valence-electron chi connectivity index (χ2n) is 7.28. The van der Waals surface area contributed by atoms with Gasteiger partial charge in [-0.05, 0) is 25.7 Å². The van der Waals surface area contributed by atoms with Crippen LogP contribution in [-0.2, 0) is 11.8 Å². The molecular formula is C17H31N3. The number of nitrogens with zero attached hydrogens (tertiary/aromatic N) is 2. The Labute approximate surface area is 124 Å². The minimum absolute atomic E-state index is 0.0805. The van der Waals surface area contributed by atoms with Gasteiger partial charge in [0, 0.05) is 11.5 Å². The Morgan fingerprint density at radius 1 is 1.15 bits per heavy atom. The third kappa shape index (κ3) is 3.56. The average molecular weight is 277 g/mol. The zero-order valence-electron chi connectivity index (χ0n) is 13.7. The maximum Gasteiger partial charge on any atom is 0.127 e. The molecule has 1 aliphatic rings. The fraction of sp³-hybridized carbons (Fsp3) is 0.824. The van der Waals surface area contributed by atoms with Crippen LogP contribution < -0.4 is 5.73 Å². The van der Waals surface area contributed by atoms with Gasteiger partial charge in [0.15, 0.2) is 0 Å². The van der Waals surface area contributed by atoms with E-state index in [1.165, 1.54) is 50.8 Å². The highest BCUT2D eigenvalue weighted by molar-refractivity contribution is 5.41. The molecule has 1 fully saturated rings. The van der Waals surface area contributed by atoms with Crippen LogP contribution in [0.1, 0.15) is 90.2 Å². The first kappa shape index (κ1) is 15.4. The summed E-state index contributed by atoms with van der Waals surface area (Å²) in [7, 11) is 0. The highest BCUT2D eigenvalue weighted by Crippen LogP contribution is 2.41. The molecule has 0 unspecified atom stereocenters. The molecule has 0 bridgehead atoms. The lowest BCUT2D eigenvalue weighted by molar-refractivity contribution is 0.503. The summed E-state index contributed by atoms with van der Waals surface area (Å²) in [6, 6.07) is 0.616. The third-order valence-electron chi connectivity index (χ3n) is 4.12. The minimum Gasteiger partial charge on any atom is -0.384 e. The smallest absolute Gasteiger partial charge is 0.127 e. The van der Waals surface area contributed by atoms with Gasteiger partial charge >= 0.3 is 0 Å². The van der Waals surface area contributed by atoms with Crippen LogP contribution in [0.3, 0.4) is 0 Å². The zero-order valence-corrected chi connectivity index (χ0v) is 13.7. The summed E-state index contributed by atoms with van der Waals surface area (Å²) < 4.78 is 2.32. The predicted octanol–water partition coefficient (Wildman–Crippen LogP) is 4.61. The van der Waals surface area contributed by atoms with E-state index < -0.39 is 0 Å². The zero-order chi connectivity index (χ0) is 14.8. The topological polar surface area (TPSA) is 43.8 Å². The fourth-order valence-corrected chi connectivity index (χ4v) is 2.80. The summed E-state index contributed by atoms with van der Waals surface area (Å²) in [5.74, 6) is 2.12. The fourth-order valence-electron chi connectivity index (χ4n) is 2.80. The van der Waals surface area contributed by atoms with Gasteiger partial charge < -0.3 is 10.3 Å². The lowest BCUT2D eigenvalue weighted by Gasteiger charge is -2.20. The van der Waals surface area contributed by atoms with E-state index in [2.05, 4.69) is 32.3 Å². The number of nitrogen functional groups attached to an aromatic ring is 1. The van der Waals surface area contributed by atoms with Crippen LogP contribution in [0.5, 0.6) is 0 Å². The van der Waals surface area contributed by atoms with Gasteiger partial charge in [-0.3, -0.25) is 0 Å². The van der Waals surface area contributed by atoms with Crippen LogP contribution in [0.4, 0.5) is 5.82 Å². The van der Waals surface area contributed by atoms with Crippen LogP contribution in [0.2, 0.25) is 0 Å². The van der Waals surface area contributed by atoms with Crippen molar-refractivity contribution in [1.82, 2.24) is 9.55 Å². The van der Waals surface area contributed by atoms with E-state index in [4.69, 9.17) is 10.7 Å². The van der Waals surface area contributed by atoms with Crippen molar-refractivity contribution in [3.05, 3.63) is 11.5 Å². The van der Waals surface area contributed by atoms with E-state index in [0.29, 0.717) is 6.04 Å². The Balaban J connectivity index is 2.06. The molecule has 3 nitrogen and oxygen atoms in total. The predicted molar refractivity (Wildman–Crippen MR) is 86.1 cm³/mol. The van der Waals surface area contributed by atoms with Gasteiger partial charge in [0.2, 0.25) is 0 Å². The first-order chi connectivity index (χ1) is 9.45. The van der Waals surface area contributed by atoms with Gasteiger partial charge in [0.1, 0.15) is 11.6 Å². The van der Waals surface area contributed by atoms with E-state index in [9.17, 15) is 0 Å². The lowest BCUT2D eigenvalue weighted by Crippen LogP contribution is -2.19. The SMILES string of the molecule is CCCCCCCc1nc(C(C)(C)C)n(C2CC2)c1N. The van der Waals surface area contributed by atoms with Crippen molar-refractivity contribution in [3.63, 3.8) is 0 Å². The molecule has 0 amide bonds. The Hall–Kier alpha value is -0.990. The van der Waals surface area contributed by atoms with E-state index in [1.54, 1.807) is 0 Å². The number of rotatable bonds is 7. The molecule has 3 heteroatoms. The summed E-state index contributed by atoms with van der Waals surface area (Å²) in [5.41, 5.74) is 7.60. The lowest BCUT2D eigenvalue weighted by atomic mass is 9.95. The summed E-state index contributed by atoms with van der Waals surface area (Å²) in [4.78, 5) is 4.90. The quantitative estimate of drug-likeness (QED) is 0.740. The van der Waals surface area contributed by atoms with Gasteiger partial charge in [-0.15, -0.1) is 0 Å². The number of hydrogen-bond acceptors (Lipinski definition) is 2. The molecule has 114 valence electrons. The molecule has 2 N–H and O–H groups in total. The highest BCUT2D eigenvalue weighted by atomic mass is 15.2. The Morgan fingerprint density at radius 3 is 2.35 bits per heavy atom. The number of unbranched alkanes of at least 4 members (excludes halogenated alkanes) is 4. The van der Waals surface area contributed by atoms with Crippen molar-refractivity contribution in [3.8, 4) is 0 Å². The van der Waals surface area contributed by atoms with Crippen LogP contribution >= 0.6 is 0 Å². The van der Waals surface area contributed by atoms with Crippen LogP contribution in [0, 0.1) is 0 Å². The molecule has 0 saturated heterocycles. The normalized spacial score (nSPS) is 15.8. The van der Waals surface area contributed by atoms with Crippen molar-refractivity contribution in [2.75, 3.05) is 5.73 Å². The Kier molecular flexibility index (Phi) is 4.77. The first-order valence-electron chi connectivity index (χ1n) is 8.32. The standard InChI is InChI=1S/C17H31N3/c1-5-6-7-8-9-10-14-15(18)20(13-11-12-13)16(19-14)17(2,3)4/h13H,5-12,18H2,1-4H3. The molecule has 2 rings (SSSR count). The molecular weight excluding hydrogens is 246 g/mol. The molecule has 0 radical (unpaired) electrons.